The molecule has 0 amide bonds. The average molecular weight is 372 g/mol. The Kier molecular flexibility index (Phi) is 5.68. The van der Waals surface area contributed by atoms with E-state index >= 15 is 0 Å². The first kappa shape index (κ1) is 17.5. The lowest BCUT2D eigenvalue weighted by molar-refractivity contribution is 0.306. The van der Waals surface area contributed by atoms with E-state index in [1.165, 1.54) is 4.88 Å². The lowest BCUT2D eigenvalue weighted by atomic mass is 10.2. The first-order valence-electron chi connectivity index (χ1n) is 7.81. The Morgan fingerprint density at radius 3 is 2.60 bits per heavy atom. The molecule has 128 valence electrons. The minimum absolute atomic E-state index is 0.442. The van der Waals surface area contributed by atoms with Gasteiger partial charge in [-0.1, -0.05) is 29.8 Å². The van der Waals surface area contributed by atoms with E-state index in [4.69, 9.17) is 16.3 Å². The Labute approximate surface area is 156 Å². The van der Waals surface area contributed by atoms with Crippen LogP contribution in [0.2, 0.25) is 5.02 Å². The number of ether oxygens (including phenoxy) is 1. The molecule has 0 atom stereocenters. The zero-order valence-electron chi connectivity index (χ0n) is 14.0. The topological polar surface area (TPSA) is 46.5 Å². The van der Waals surface area contributed by atoms with Crippen molar-refractivity contribution < 1.29 is 4.74 Å². The zero-order chi connectivity index (χ0) is 17.6. The van der Waals surface area contributed by atoms with Crippen molar-refractivity contribution in [2.24, 2.45) is 5.10 Å². The molecule has 0 aliphatic rings. The van der Waals surface area contributed by atoms with E-state index in [0.717, 1.165) is 27.7 Å². The van der Waals surface area contributed by atoms with Gasteiger partial charge in [0.05, 0.1) is 11.9 Å². The second kappa shape index (κ2) is 8.14. The van der Waals surface area contributed by atoms with Gasteiger partial charge in [0, 0.05) is 15.5 Å². The van der Waals surface area contributed by atoms with Gasteiger partial charge in [-0.25, -0.2) is 4.98 Å². The van der Waals surface area contributed by atoms with Crippen LogP contribution in [0.4, 0.5) is 5.13 Å². The van der Waals surface area contributed by atoms with Gasteiger partial charge in [-0.15, -0.1) is 11.3 Å². The fourth-order valence-electron chi connectivity index (χ4n) is 2.11. The van der Waals surface area contributed by atoms with Crippen LogP contribution in [-0.4, -0.2) is 11.2 Å². The number of thiazole rings is 1. The number of benzene rings is 2. The minimum atomic E-state index is 0.442. The maximum Gasteiger partial charge on any atom is 0.203 e. The van der Waals surface area contributed by atoms with Crippen LogP contribution in [0.1, 0.15) is 21.7 Å². The van der Waals surface area contributed by atoms with Gasteiger partial charge >= 0.3 is 0 Å². The fraction of sp³-hybridized carbons (Fsp3) is 0.158. The molecule has 0 radical (unpaired) electrons. The largest absolute Gasteiger partial charge is 0.489 e. The number of halogens is 1. The summed E-state index contributed by atoms with van der Waals surface area (Å²) in [5, 5.41) is 5.73. The van der Waals surface area contributed by atoms with E-state index in [2.05, 4.69) is 15.5 Å². The second-order valence-corrected chi connectivity index (χ2v) is 7.09. The second-order valence-electron chi connectivity index (χ2n) is 5.48. The molecule has 0 spiro atoms. The summed E-state index contributed by atoms with van der Waals surface area (Å²) in [6, 6.07) is 15.4. The first-order valence-corrected chi connectivity index (χ1v) is 9.00. The van der Waals surface area contributed by atoms with Gasteiger partial charge in [-0.05, 0) is 49.7 Å². The van der Waals surface area contributed by atoms with E-state index in [1.54, 1.807) is 17.6 Å². The lowest BCUT2D eigenvalue weighted by Gasteiger charge is -2.07. The SMILES string of the molecule is Cc1nc(N/N=C\c2ccc(OCc3ccccc3Cl)cc2)sc1C. The number of nitrogens with one attached hydrogen (secondary N) is 1. The molecule has 1 N–H and O–H groups in total. The summed E-state index contributed by atoms with van der Waals surface area (Å²) >= 11 is 7.72. The van der Waals surface area contributed by atoms with Crippen LogP contribution < -0.4 is 10.2 Å². The van der Waals surface area contributed by atoms with Crippen molar-refractivity contribution in [3.63, 3.8) is 0 Å². The molecule has 0 unspecified atom stereocenters. The van der Waals surface area contributed by atoms with Crippen LogP contribution in [0.15, 0.2) is 53.6 Å². The van der Waals surface area contributed by atoms with Crippen molar-refractivity contribution in [2.75, 3.05) is 5.43 Å². The van der Waals surface area contributed by atoms with Crippen LogP contribution in [0, 0.1) is 13.8 Å². The number of aromatic nitrogens is 1. The molecular weight excluding hydrogens is 354 g/mol. The number of nitrogens with zero attached hydrogens (tertiary/aromatic N) is 2. The number of aryl methyl sites for hydroxylation is 2. The van der Waals surface area contributed by atoms with Crippen LogP contribution >= 0.6 is 22.9 Å². The molecule has 2 aromatic carbocycles. The summed E-state index contributed by atoms with van der Waals surface area (Å²) in [6.45, 7) is 4.47. The molecule has 3 aromatic rings. The van der Waals surface area contributed by atoms with Gasteiger partial charge in [0.1, 0.15) is 12.4 Å². The summed E-state index contributed by atoms with van der Waals surface area (Å²) < 4.78 is 5.76. The summed E-state index contributed by atoms with van der Waals surface area (Å²) in [7, 11) is 0. The summed E-state index contributed by atoms with van der Waals surface area (Å²) in [5.74, 6) is 0.788. The summed E-state index contributed by atoms with van der Waals surface area (Å²) in [4.78, 5) is 5.57. The quantitative estimate of drug-likeness (QED) is 0.463. The summed E-state index contributed by atoms with van der Waals surface area (Å²) in [6.07, 6.45) is 1.75. The van der Waals surface area contributed by atoms with Gasteiger partial charge in [0.15, 0.2) is 0 Å². The highest BCUT2D eigenvalue weighted by atomic mass is 35.5. The molecule has 0 saturated carbocycles. The Bertz CT molecular complexity index is 855. The monoisotopic (exact) mass is 371 g/mol. The van der Waals surface area contributed by atoms with Crippen LogP contribution in [0.3, 0.4) is 0 Å². The van der Waals surface area contributed by atoms with Gasteiger partial charge in [-0.2, -0.15) is 5.10 Å². The first-order chi connectivity index (χ1) is 12.1. The number of hydrazone groups is 1. The Morgan fingerprint density at radius 2 is 1.92 bits per heavy atom. The van der Waals surface area contributed by atoms with Crippen molar-refractivity contribution in [2.45, 2.75) is 20.5 Å². The van der Waals surface area contributed by atoms with Crippen molar-refractivity contribution in [1.82, 2.24) is 4.98 Å². The van der Waals surface area contributed by atoms with Gasteiger partial charge in [0.25, 0.3) is 0 Å². The number of rotatable bonds is 6. The molecule has 25 heavy (non-hydrogen) atoms. The van der Waals surface area contributed by atoms with E-state index in [1.807, 2.05) is 62.4 Å². The molecule has 0 saturated heterocycles. The lowest BCUT2D eigenvalue weighted by Crippen LogP contribution is -1.96. The predicted octanol–water partition coefficient (Wildman–Crippen LogP) is 5.44. The molecule has 0 bridgehead atoms. The standard InChI is InChI=1S/C19H18ClN3OS/c1-13-14(2)25-19(22-13)23-21-11-15-7-9-17(10-8-15)24-12-16-5-3-4-6-18(16)20/h3-11H,12H2,1-2H3,(H,22,23)/b21-11-. The van der Waals surface area contributed by atoms with Crippen molar-refractivity contribution in [1.29, 1.82) is 0 Å². The average Bonchev–Trinajstić information content (AvgIpc) is 2.93. The number of hydrogen-bond donors (Lipinski definition) is 1. The molecule has 0 fully saturated rings. The van der Waals surface area contributed by atoms with E-state index in [9.17, 15) is 0 Å². The smallest absolute Gasteiger partial charge is 0.203 e. The third-order valence-corrected chi connectivity index (χ3v) is 4.98. The minimum Gasteiger partial charge on any atom is -0.489 e. The van der Waals surface area contributed by atoms with Crippen LogP contribution in [0.5, 0.6) is 5.75 Å². The van der Waals surface area contributed by atoms with Crippen molar-refractivity contribution in [3.05, 3.63) is 75.3 Å². The normalized spacial score (nSPS) is 11.0. The Morgan fingerprint density at radius 1 is 1.16 bits per heavy atom. The van der Waals surface area contributed by atoms with Crippen LogP contribution in [-0.2, 0) is 6.61 Å². The molecule has 1 aromatic heterocycles. The van der Waals surface area contributed by atoms with Crippen LogP contribution in [0.25, 0.3) is 0 Å². The highest BCUT2D eigenvalue weighted by Gasteiger charge is 2.02. The Balaban J connectivity index is 1.55. The summed E-state index contributed by atoms with van der Waals surface area (Å²) in [5.41, 5.74) is 5.92. The Hall–Kier alpha value is -2.37. The van der Waals surface area contributed by atoms with E-state index in [-0.39, 0.29) is 0 Å². The van der Waals surface area contributed by atoms with Gasteiger partial charge in [0.2, 0.25) is 5.13 Å². The number of hydrogen-bond acceptors (Lipinski definition) is 5. The van der Waals surface area contributed by atoms with Crippen molar-refractivity contribution in [3.8, 4) is 5.75 Å². The third kappa shape index (κ3) is 4.81. The molecule has 0 aliphatic carbocycles. The van der Waals surface area contributed by atoms with Crippen molar-refractivity contribution >= 4 is 34.3 Å². The molecule has 4 nitrogen and oxygen atoms in total. The highest BCUT2D eigenvalue weighted by molar-refractivity contribution is 7.15. The third-order valence-electron chi connectivity index (χ3n) is 3.63. The fourth-order valence-corrected chi connectivity index (χ4v) is 3.06. The molecule has 6 heteroatoms. The van der Waals surface area contributed by atoms with Gasteiger partial charge < -0.3 is 4.74 Å². The van der Waals surface area contributed by atoms with Gasteiger partial charge in [-0.3, -0.25) is 5.43 Å². The highest BCUT2D eigenvalue weighted by Crippen LogP contribution is 2.21. The molecule has 3 rings (SSSR count). The molecular formula is C19H18ClN3OS. The maximum absolute atomic E-state index is 6.13. The predicted molar refractivity (Wildman–Crippen MR) is 105 cm³/mol. The molecule has 1 heterocycles. The number of anilines is 1. The zero-order valence-corrected chi connectivity index (χ0v) is 15.6. The maximum atomic E-state index is 6.13. The molecule has 0 aliphatic heterocycles. The van der Waals surface area contributed by atoms with E-state index < -0.39 is 0 Å². The van der Waals surface area contributed by atoms with E-state index in [0.29, 0.717) is 11.6 Å².